The van der Waals surface area contributed by atoms with Crippen LogP contribution >= 0.6 is 23.2 Å². The summed E-state index contributed by atoms with van der Waals surface area (Å²) in [4.78, 5) is 0. The second kappa shape index (κ2) is 4.51. The van der Waals surface area contributed by atoms with Crippen molar-refractivity contribution in [1.82, 2.24) is 0 Å². The zero-order valence-corrected chi connectivity index (χ0v) is 9.99. The first-order chi connectivity index (χ1) is 7.97. The molecular formula is C12H7Cl2F2N. The highest BCUT2D eigenvalue weighted by atomic mass is 35.5. The lowest BCUT2D eigenvalue weighted by atomic mass is 10.0. The molecule has 2 N–H and O–H groups in total. The van der Waals surface area contributed by atoms with Crippen molar-refractivity contribution >= 4 is 28.9 Å². The van der Waals surface area contributed by atoms with Crippen LogP contribution in [-0.4, -0.2) is 0 Å². The summed E-state index contributed by atoms with van der Waals surface area (Å²) in [6.45, 7) is 0. The maximum atomic E-state index is 13.2. The van der Waals surface area contributed by atoms with E-state index in [0.717, 1.165) is 12.1 Å². The molecule has 0 fully saturated rings. The van der Waals surface area contributed by atoms with E-state index in [2.05, 4.69) is 0 Å². The van der Waals surface area contributed by atoms with E-state index in [1.54, 1.807) is 0 Å². The van der Waals surface area contributed by atoms with Gasteiger partial charge in [0, 0.05) is 10.6 Å². The van der Waals surface area contributed by atoms with Crippen LogP contribution in [0.1, 0.15) is 0 Å². The topological polar surface area (TPSA) is 26.0 Å². The first-order valence-electron chi connectivity index (χ1n) is 4.68. The molecular weight excluding hydrogens is 267 g/mol. The minimum Gasteiger partial charge on any atom is -0.397 e. The summed E-state index contributed by atoms with van der Waals surface area (Å²) in [6, 6.07) is 6.15. The zero-order valence-electron chi connectivity index (χ0n) is 8.48. The summed E-state index contributed by atoms with van der Waals surface area (Å²) in [5.41, 5.74) is 6.61. The van der Waals surface area contributed by atoms with Gasteiger partial charge in [0.05, 0.1) is 10.7 Å². The van der Waals surface area contributed by atoms with Crippen LogP contribution in [0.4, 0.5) is 14.5 Å². The molecule has 0 saturated heterocycles. The van der Waals surface area contributed by atoms with Gasteiger partial charge in [-0.3, -0.25) is 0 Å². The van der Waals surface area contributed by atoms with Gasteiger partial charge in [-0.15, -0.1) is 0 Å². The number of rotatable bonds is 1. The number of nitrogen functional groups attached to an aromatic ring is 1. The van der Waals surface area contributed by atoms with Crippen LogP contribution in [-0.2, 0) is 0 Å². The van der Waals surface area contributed by atoms with Crippen molar-refractivity contribution in [3.05, 3.63) is 52.0 Å². The van der Waals surface area contributed by atoms with Crippen molar-refractivity contribution in [1.29, 1.82) is 0 Å². The summed E-state index contributed by atoms with van der Waals surface area (Å²) in [7, 11) is 0. The summed E-state index contributed by atoms with van der Waals surface area (Å²) in [5, 5.41) is 0.292. The van der Waals surface area contributed by atoms with Crippen LogP contribution in [0.2, 0.25) is 10.0 Å². The van der Waals surface area contributed by atoms with Crippen molar-refractivity contribution in [2.75, 3.05) is 5.73 Å². The van der Waals surface area contributed by atoms with Crippen molar-refractivity contribution in [3.8, 4) is 11.1 Å². The third-order valence-electron chi connectivity index (χ3n) is 2.27. The Labute approximate surface area is 107 Å². The maximum Gasteiger partial charge on any atom is 0.125 e. The van der Waals surface area contributed by atoms with Crippen molar-refractivity contribution in [3.63, 3.8) is 0 Å². The van der Waals surface area contributed by atoms with Crippen LogP contribution in [0.5, 0.6) is 0 Å². The number of hydrogen-bond donors (Lipinski definition) is 1. The third kappa shape index (κ3) is 2.51. The van der Waals surface area contributed by atoms with Crippen molar-refractivity contribution in [2.24, 2.45) is 0 Å². The van der Waals surface area contributed by atoms with Crippen LogP contribution in [0.15, 0.2) is 30.3 Å². The van der Waals surface area contributed by atoms with Crippen LogP contribution in [0.3, 0.4) is 0 Å². The fourth-order valence-electron chi connectivity index (χ4n) is 1.53. The lowest BCUT2D eigenvalue weighted by Crippen LogP contribution is -1.93. The van der Waals surface area contributed by atoms with Gasteiger partial charge in [0.1, 0.15) is 11.6 Å². The van der Waals surface area contributed by atoms with Gasteiger partial charge >= 0.3 is 0 Å². The highest BCUT2D eigenvalue weighted by molar-refractivity contribution is 6.34. The molecule has 0 aliphatic heterocycles. The molecule has 2 aromatic carbocycles. The molecule has 0 unspecified atom stereocenters. The van der Waals surface area contributed by atoms with Crippen LogP contribution in [0, 0.1) is 11.6 Å². The zero-order chi connectivity index (χ0) is 12.6. The fraction of sp³-hybridized carbons (Fsp3) is 0. The first-order valence-corrected chi connectivity index (χ1v) is 5.44. The predicted octanol–water partition coefficient (Wildman–Crippen LogP) is 4.52. The summed E-state index contributed by atoms with van der Waals surface area (Å²) >= 11 is 11.5. The first kappa shape index (κ1) is 12.1. The van der Waals surface area contributed by atoms with Gasteiger partial charge in [0.2, 0.25) is 0 Å². The average molecular weight is 274 g/mol. The quantitative estimate of drug-likeness (QED) is 0.760. The molecule has 17 heavy (non-hydrogen) atoms. The lowest BCUT2D eigenvalue weighted by molar-refractivity contribution is 0.626. The molecule has 0 bridgehead atoms. The number of nitrogens with two attached hydrogens (primary N) is 1. The SMILES string of the molecule is Nc1c(Cl)cc(F)cc1-c1cc(F)cc(Cl)c1. The van der Waals surface area contributed by atoms with Crippen LogP contribution < -0.4 is 5.73 Å². The second-order valence-electron chi connectivity index (χ2n) is 3.51. The summed E-state index contributed by atoms with van der Waals surface area (Å²) in [6.07, 6.45) is 0. The predicted molar refractivity (Wildman–Crippen MR) is 66.2 cm³/mol. The molecule has 0 heterocycles. The van der Waals surface area contributed by atoms with E-state index in [9.17, 15) is 8.78 Å². The van der Waals surface area contributed by atoms with E-state index >= 15 is 0 Å². The number of anilines is 1. The van der Waals surface area contributed by atoms with Gasteiger partial charge in [0.15, 0.2) is 0 Å². The number of benzene rings is 2. The standard InChI is InChI=1S/C12H7Cl2F2N/c13-7-1-6(2-8(15)3-7)10-4-9(16)5-11(14)12(10)17/h1-5H,17H2. The molecule has 0 atom stereocenters. The Bertz CT molecular complexity index is 565. The third-order valence-corrected chi connectivity index (χ3v) is 2.80. The average Bonchev–Trinajstić information content (AvgIpc) is 2.22. The maximum absolute atomic E-state index is 13.2. The molecule has 0 aliphatic carbocycles. The van der Waals surface area contributed by atoms with Gasteiger partial charge in [-0.2, -0.15) is 0 Å². The molecule has 0 radical (unpaired) electrons. The molecule has 0 aromatic heterocycles. The molecule has 88 valence electrons. The minimum absolute atomic E-state index is 0.0837. The monoisotopic (exact) mass is 273 g/mol. The Morgan fingerprint density at radius 1 is 0.882 bits per heavy atom. The van der Waals surface area contributed by atoms with E-state index in [-0.39, 0.29) is 15.7 Å². The van der Waals surface area contributed by atoms with Crippen molar-refractivity contribution < 1.29 is 8.78 Å². The molecule has 0 saturated carbocycles. The van der Waals surface area contributed by atoms with E-state index in [4.69, 9.17) is 28.9 Å². The second-order valence-corrected chi connectivity index (χ2v) is 4.35. The Kier molecular flexibility index (Phi) is 3.22. The lowest BCUT2D eigenvalue weighted by Gasteiger charge is -2.08. The van der Waals surface area contributed by atoms with E-state index in [1.807, 2.05) is 0 Å². The molecule has 0 aliphatic rings. The Morgan fingerprint density at radius 3 is 2.18 bits per heavy atom. The molecule has 1 nitrogen and oxygen atoms in total. The molecule has 2 aromatic rings. The molecule has 0 amide bonds. The largest absolute Gasteiger partial charge is 0.397 e. The van der Waals surface area contributed by atoms with E-state index in [0.29, 0.717) is 11.1 Å². The van der Waals surface area contributed by atoms with E-state index in [1.165, 1.54) is 18.2 Å². The highest BCUT2D eigenvalue weighted by Crippen LogP contribution is 2.34. The molecule has 5 heteroatoms. The smallest absolute Gasteiger partial charge is 0.125 e. The van der Waals surface area contributed by atoms with Gasteiger partial charge < -0.3 is 5.73 Å². The highest BCUT2D eigenvalue weighted by Gasteiger charge is 2.10. The number of hydrogen-bond acceptors (Lipinski definition) is 1. The Hall–Kier alpha value is -1.32. The fourth-order valence-corrected chi connectivity index (χ4v) is 1.96. The summed E-state index contributed by atoms with van der Waals surface area (Å²) in [5.74, 6) is -1.06. The van der Waals surface area contributed by atoms with Gasteiger partial charge in [0.25, 0.3) is 0 Å². The van der Waals surface area contributed by atoms with Gasteiger partial charge in [-0.1, -0.05) is 23.2 Å². The van der Waals surface area contributed by atoms with E-state index < -0.39 is 11.6 Å². The minimum atomic E-state index is -0.542. The Morgan fingerprint density at radius 2 is 1.53 bits per heavy atom. The van der Waals surface area contributed by atoms with Crippen LogP contribution in [0.25, 0.3) is 11.1 Å². The Balaban J connectivity index is 2.67. The van der Waals surface area contributed by atoms with Gasteiger partial charge in [-0.25, -0.2) is 8.78 Å². The number of halogens is 4. The van der Waals surface area contributed by atoms with Gasteiger partial charge in [-0.05, 0) is 35.9 Å². The molecule has 0 spiro atoms. The summed E-state index contributed by atoms with van der Waals surface area (Å²) < 4.78 is 26.4. The molecule has 2 rings (SSSR count). The van der Waals surface area contributed by atoms with Crippen molar-refractivity contribution in [2.45, 2.75) is 0 Å². The normalized spacial score (nSPS) is 10.6.